The number of ether oxygens (including phenoxy) is 1. The predicted molar refractivity (Wildman–Crippen MR) is 98.9 cm³/mol. The van der Waals surface area contributed by atoms with Crippen LogP contribution < -0.4 is 20.7 Å². The molecule has 1 aliphatic rings. The third-order valence-corrected chi connectivity index (χ3v) is 4.37. The van der Waals surface area contributed by atoms with Crippen molar-refractivity contribution in [3.05, 3.63) is 42.1 Å². The molecule has 0 bridgehead atoms. The van der Waals surface area contributed by atoms with E-state index in [4.69, 9.17) is 15.5 Å². The van der Waals surface area contributed by atoms with Gasteiger partial charge in [-0.25, -0.2) is 4.98 Å². The summed E-state index contributed by atoms with van der Waals surface area (Å²) in [7, 11) is 0. The van der Waals surface area contributed by atoms with Crippen LogP contribution in [0.4, 0.5) is 17.3 Å². The number of fused-ring (bicyclic) bond motifs is 2. The molecule has 0 amide bonds. The van der Waals surface area contributed by atoms with E-state index in [1.807, 2.05) is 41.8 Å². The van der Waals surface area contributed by atoms with Crippen LogP contribution >= 0.6 is 0 Å². The van der Waals surface area contributed by atoms with Gasteiger partial charge in [-0.1, -0.05) is 0 Å². The van der Waals surface area contributed by atoms with Crippen molar-refractivity contribution in [3.63, 3.8) is 0 Å². The van der Waals surface area contributed by atoms with Crippen LogP contribution in [-0.2, 0) is 6.42 Å². The third kappa shape index (κ3) is 2.87. The van der Waals surface area contributed by atoms with Crippen LogP contribution in [0.25, 0.3) is 5.65 Å². The van der Waals surface area contributed by atoms with E-state index in [-0.39, 0.29) is 0 Å². The number of hydrogen-bond acceptors (Lipinski definition) is 6. The Morgan fingerprint density at radius 1 is 1.24 bits per heavy atom. The molecule has 0 saturated carbocycles. The Kier molecular flexibility index (Phi) is 4.15. The lowest BCUT2D eigenvalue weighted by molar-refractivity contribution is 0.340. The average molecular weight is 338 g/mol. The number of nitrogens with zero attached hydrogens (tertiary/aromatic N) is 4. The highest BCUT2D eigenvalue weighted by Crippen LogP contribution is 2.34. The third-order valence-electron chi connectivity index (χ3n) is 4.37. The monoisotopic (exact) mass is 338 g/mol. The van der Waals surface area contributed by atoms with Crippen molar-refractivity contribution >= 4 is 23.0 Å². The van der Waals surface area contributed by atoms with Crippen molar-refractivity contribution < 1.29 is 4.74 Å². The predicted octanol–water partition coefficient (Wildman–Crippen LogP) is 2.19. The van der Waals surface area contributed by atoms with Crippen LogP contribution in [0.15, 0.2) is 36.5 Å². The van der Waals surface area contributed by atoms with Gasteiger partial charge < -0.3 is 20.7 Å². The molecule has 1 aliphatic heterocycles. The quantitative estimate of drug-likeness (QED) is 0.717. The topological polar surface area (TPSA) is 80.7 Å². The van der Waals surface area contributed by atoms with Crippen LogP contribution in [0.2, 0.25) is 0 Å². The van der Waals surface area contributed by atoms with Crippen molar-refractivity contribution in [3.8, 4) is 5.75 Å². The van der Waals surface area contributed by atoms with Gasteiger partial charge in [0.15, 0.2) is 5.65 Å². The van der Waals surface area contributed by atoms with Crippen LogP contribution in [0.3, 0.4) is 0 Å². The smallest absolute Gasteiger partial charge is 0.159 e. The van der Waals surface area contributed by atoms with E-state index >= 15 is 0 Å². The zero-order valence-electron chi connectivity index (χ0n) is 14.3. The van der Waals surface area contributed by atoms with Crippen molar-refractivity contribution in [2.45, 2.75) is 13.3 Å². The second-order valence-corrected chi connectivity index (χ2v) is 5.97. The molecule has 3 aromatic rings. The molecule has 3 N–H and O–H groups in total. The van der Waals surface area contributed by atoms with Crippen LogP contribution in [-0.4, -0.2) is 40.8 Å². The number of anilines is 3. The molecular formula is C18H22N6O. The van der Waals surface area contributed by atoms with Crippen LogP contribution in [0, 0.1) is 0 Å². The fourth-order valence-electron chi connectivity index (χ4n) is 3.25. The summed E-state index contributed by atoms with van der Waals surface area (Å²) >= 11 is 0. The maximum Gasteiger partial charge on any atom is 0.159 e. The Labute approximate surface area is 146 Å². The van der Waals surface area contributed by atoms with Gasteiger partial charge >= 0.3 is 0 Å². The van der Waals surface area contributed by atoms with Crippen molar-refractivity contribution in [2.75, 3.05) is 36.5 Å². The molecule has 25 heavy (non-hydrogen) atoms. The Bertz CT molecular complexity index is 873. The molecule has 7 heteroatoms. The standard InChI is InChI=1S/C18H22N6O/c1-2-25-14-5-3-13(4-6-14)21-18-15-8-11-23(12-9-19)17(15)22-16-7-10-20-24(16)18/h3-7,10,21H,2,8-9,11-12,19H2,1H3. The van der Waals surface area contributed by atoms with Gasteiger partial charge in [0.05, 0.1) is 12.8 Å². The molecular weight excluding hydrogens is 316 g/mol. The van der Waals surface area contributed by atoms with Gasteiger partial charge in [0.1, 0.15) is 17.4 Å². The normalized spacial score (nSPS) is 13.3. The molecule has 7 nitrogen and oxygen atoms in total. The Balaban J connectivity index is 1.72. The highest BCUT2D eigenvalue weighted by molar-refractivity contribution is 5.72. The van der Waals surface area contributed by atoms with E-state index in [2.05, 4.69) is 15.3 Å². The van der Waals surface area contributed by atoms with E-state index < -0.39 is 0 Å². The Hall–Kier alpha value is -2.80. The van der Waals surface area contributed by atoms with Gasteiger partial charge in [-0.15, -0.1) is 0 Å². The van der Waals surface area contributed by atoms with E-state index in [0.29, 0.717) is 13.2 Å². The number of nitrogens with two attached hydrogens (primary N) is 1. The second-order valence-electron chi connectivity index (χ2n) is 5.97. The summed E-state index contributed by atoms with van der Waals surface area (Å²) in [5.41, 5.74) is 8.74. The number of nitrogens with one attached hydrogen (secondary N) is 1. The zero-order valence-corrected chi connectivity index (χ0v) is 14.3. The van der Waals surface area contributed by atoms with Gasteiger partial charge in [-0.3, -0.25) is 0 Å². The molecule has 0 spiro atoms. The van der Waals surface area contributed by atoms with Gasteiger partial charge in [0.25, 0.3) is 0 Å². The summed E-state index contributed by atoms with van der Waals surface area (Å²) in [4.78, 5) is 7.01. The summed E-state index contributed by atoms with van der Waals surface area (Å²) in [5.74, 6) is 2.84. The summed E-state index contributed by atoms with van der Waals surface area (Å²) in [6.45, 7) is 5.01. The number of aromatic nitrogens is 3. The van der Waals surface area contributed by atoms with Gasteiger partial charge in [0.2, 0.25) is 0 Å². The molecule has 0 unspecified atom stereocenters. The number of benzene rings is 1. The van der Waals surface area contributed by atoms with Crippen LogP contribution in [0.5, 0.6) is 5.75 Å². The Morgan fingerprint density at radius 2 is 2.08 bits per heavy atom. The lowest BCUT2D eigenvalue weighted by Gasteiger charge is -2.18. The summed E-state index contributed by atoms with van der Waals surface area (Å²) in [6.07, 6.45) is 2.70. The molecule has 4 rings (SSSR count). The van der Waals surface area contributed by atoms with Gasteiger partial charge in [0, 0.05) is 37.0 Å². The second kappa shape index (κ2) is 6.60. The van der Waals surface area contributed by atoms with Crippen molar-refractivity contribution in [1.82, 2.24) is 14.6 Å². The zero-order chi connectivity index (χ0) is 17.2. The lowest BCUT2D eigenvalue weighted by Crippen LogP contribution is -2.28. The summed E-state index contributed by atoms with van der Waals surface area (Å²) in [6, 6.07) is 9.88. The molecule has 130 valence electrons. The van der Waals surface area contributed by atoms with E-state index in [0.717, 1.165) is 48.2 Å². The number of rotatable bonds is 6. The van der Waals surface area contributed by atoms with Crippen molar-refractivity contribution in [2.24, 2.45) is 5.73 Å². The highest BCUT2D eigenvalue weighted by Gasteiger charge is 2.26. The van der Waals surface area contributed by atoms with Crippen LogP contribution in [0.1, 0.15) is 12.5 Å². The first-order valence-electron chi connectivity index (χ1n) is 8.61. The van der Waals surface area contributed by atoms with Gasteiger partial charge in [-0.05, 0) is 37.6 Å². The van der Waals surface area contributed by atoms with E-state index in [1.165, 1.54) is 5.56 Å². The van der Waals surface area contributed by atoms with E-state index in [1.54, 1.807) is 6.20 Å². The highest BCUT2D eigenvalue weighted by atomic mass is 16.5. The first-order chi connectivity index (χ1) is 12.3. The minimum atomic E-state index is 0.618. The fourth-order valence-corrected chi connectivity index (χ4v) is 3.25. The molecule has 1 aromatic carbocycles. The van der Waals surface area contributed by atoms with Gasteiger partial charge in [-0.2, -0.15) is 9.61 Å². The van der Waals surface area contributed by atoms with E-state index in [9.17, 15) is 0 Å². The minimum Gasteiger partial charge on any atom is -0.494 e. The molecule has 0 saturated heterocycles. The molecule has 0 fully saturated rings. The Morgan fingerprint density at radius 3 is 2.84 bits per heavy atom. The van der Waals surface area contributed by atoms with Crippen molar-refractivity contribution in [1.29, 1.82) is 0 Å². The molecule has 0 atom stereocenters. The average Bonchev–Trinajstić information content (AvgIpc) is 3.24. The first kappa shape index (κ1) is 15.7. The number of hydrogen-bond donors (Lipinski definition) is 2. The minimum absolute atomic E-state index is 0.618. The molecule has 0 radical (unpaired) electrons. The molecule has 0 aliphatic carbocycles. The molecule has 2 aromatic heterocycles. The first-order valence-corrected chi connectivity index (χ1v) is 8.61. The maximum atomic E-state index is 5.74. The largest absolute Gasteiger partial charge is 0.494 e. The maximum absolute atomic E-state index is 5.74. The summed E-state index contributed by atoms with van der Waals surface area (Å²) < 4.78 is 7.37. The lowest BCUT2D eigenvalue weighted by atomic mass is 10.2. The fraction of sp³-hybridized carbons (Fsp3) is 0.333. The molecule has 3 heterocycles. The summed E-state index contributed by atoms with van der Waals surface area (Å²) in [5, 5.41) is 7.95. The SMILES string of the molecule is CCOc1ccc(Nc2c3c(nc4ccnn24)N(CCN)CC3)cc1.